The molecule has 3 aromatic rings. The minimum Gasteiger partial charge on any atom is -0.411 e. The summed E-state index contributed by atoms with van der Waals surface area (Å²) in [7, 11) is 0. The maximum Gasteiger partial charge on any atom is 0.277 e. The van der Waals surface area contributed by atoms with Crippen LogP contribution in [0.5, 0.6) is 0 Å². The zero-order valence-corrected chi connectivity index (χ0v) is 14.3. The van der Waals surface area contributed by atoms with Crippen molar-refractivity contribution < 1.29 is 9.21 Å². The fraction of sp³-hybridized carbons (Fsp3) is 0.0588. The zero-order valence-electron chi connectivity index (χ0n) is 12.8. The number of hydrogen-bond donors (Lipinski definition) is 1. The van der Waals surface area contributed by atoms with Crippen molar-refractivity contribution >= 4 is 35.0 Å². The number of thioether (sulfide) groups is 1. The molecule has 6 nitrogen and oxygen atoms in total. The first kappa shape index (κ1) is 17.0. The predicted molar refractivity (Wildman–Crippen MR) is 95.3 cm³/mol. The number of halogens is 1. The van der Waals surface area contributed by atoms with E-state index in [1.807, 2.05) is 6.07 Å². The average Bonchev–Trinajstić information content (AvgIpc) is 3.10. The summed E-state index contributed by atoms with van der Waals surface area (Å²) in [6.07, 6.45) is 0. The molecular weight excluding hydrogens is 360 g/mol. The summed E-state index contributed by atoms with van der Waals surface area (Å²) < 4.78 is 5.52. The van der Waals surface area contributed by atoms with Crippen LogP contribution < -0.4 is 5.32 Å². The van der Waals surface area contributed by atoms with Crippen LogP contribution in [0.2, 0.25) is 5.02 Å². The van der Waals surface area contributed by atoms with Gasteiger partial charge in [0.2, 0.25) is 11.8 Å². The molecule has 1 heterocycles. The van der Waals surface area contributed by atoms with Gasteiger partial charge in [-0.1, -0.05) is 23.4 Å². The molecule has 1 N–H and O–H groups in total. The van der Waals surface area contributed by atoms with E-state index in [1.165, 1.54) is 0 Å². The maximum absolute atomic E-state index is 12.0. The molecule has 0 saturated heterocycles. The number of benzene rings is 2. The first-order valence-electron chi connectivity index (χ1n) is 7.16. The minimum absolute atomic E-state index is 0.127. The molecular formula is C17H11ClN4O2S. The Bertz CT molecular complexity index is 917. The molecule has 3 rings (SSSR count). The minimum atomic E-state index is -0.207. The lowest BCUT2D eigenvalue weighted by molar-refractivity contribution is -0.113. The summed E-state index contributed by atoms with van der Waals surface area (Å²) in [5.74, 6) is 0.287. The quantitative estimate of drug-likeness (QED) is 0.682. The fourth-order valence-corrected chi connectivity index (χ4v) is 2.62. The number of nitriles is 1. The van der Waals surface area contributed by atoms with Crippen molar-refractivity contribution in [3.8, 4) is 17.5 Å². The topological polar surface area (TPSA) is 91.8 Å². The zero-order chi connectivity index (χ0) is 17.6. The Kier molecular flexibility index (Phi) is 5.33. The number of nitrogens with one attached hydrogen (secondary N) is 1. The van der Waals surface area contributed by atoms with Crippen LogP contribution in [0.25, 0.3) is 11.5 Å². The van der Waals surface area contributed by atoms with E-state index in [-0.39, 0.29) is 11.7 Å². The normalized spacial score (nSPS) is 10.2. The molecule has 1 amide bonds. The first-order chi connectivity index (χ1) is 12.1. The highest BCUT2D eigenvalue weighted by Crippen LogP contribution is 2.24. The highest BCUT2D eigenvalue weighted by molar-refractivity contribution is 7.99. The van der Waals surface area contributed by atoms with Gasteiger partial charge in [0, 0.05) is 16.3 Å². The summed E-state index contributed by atoms with van der Waals surface area (Å²) >= 11 is 6.98. The van der Waals surface area contributed by atoms with E-state index >= 15 is 0 Å². The Labute approximate surface area is 152 Å². The number of hydrogen-bond acceptors (Lipinski definition) is 6. The number of nitrogens with zero attached hydrogens (tertiary/aromatic N) is 3. The third kappa shape index (κ3) is 4.59. The Balaban J connectivity index is 1.55. The molecule has 0 bridgehead atoms. The molecule has 0 spiro atoms. The van der Waals surface area contributed by atoms with Crippen molar-refractivity contribution in [2.45, 2.75) is 5.22 Å². The lowest BCUT2D eigenvalue weighted by atomic mass is 10.2. The smallest absolute Gasteiger partial charge is 0.277 e. The van der Waals surface area contributed by atoms with E-state index in [9.17, 15) is 4.79 Å². The maximum atomic E-state index is 12.0. The van der Waals surface area contributed by atoms with Gasteiger partial charge in [-0.2, -0.15) is 5.26 Å². The number of carbonyl (C=O) groups excluding carboxylic acids is 1. The standard InChI is InChI=1S/C17H11ClN4O2S/c18-13-5-3-12(4-6-13)16-21-22-17(24-16)25-10-15(23)20-14-7-1-11(9-19)2-8-14/h1-8H,10H2,(H,20,23). The predicted octanol–water partition coefficient (Wildman–Crippen LogP) is 3.99. The lowest BCUT2D eigenvalue weighted by Gasteiger charge is -2.03. The van der Waals surface area contributed by atoms with Crippen LogP contribution in [0, 0.1) is 11.3 Å². The van der Waals surface area contributed by atoms with Gasteiger partial charge in [0.15, 0.2) is 0 Å². The summed E-state index contributed by atoms with van der Waals surface area (Å²) in [5, 5.41) is 20.3. The molecule has 2 aromatic carbocycles. The van der Waals surface area contributed by atoms with Gasteiger partial charge in [-0.05, 0) is 48.5 Å². The molecule has 0 fully saturated rings. The molecule has 0 aliphatic heterocycles. The van der Waals surface area contributed by atoms with Gasteiger partial charge < -0.3 is 9.73 Å². The van der Waals surface area contributed by atoms with Crippen LogP contribution in [-0.4, -0.2) is 21.9 Å². The van der Waals surface area contributed by atoms with Crippen molar-refractivity contribution in [3.05, 3.63) is 59.1 Å². The van der Waals surface area contributed by atoms with E-state index in [0.717, 1.165) is 17.3 Å². The molecule has 0 atom stereocenters. The monoisotopic (exact) mass is 370 g/mol. The third-order valence-corrected chi connectivity index (χ3v) is 4.19. The van der Waals surface area contributed by atoms with Crippen LogP contribution in [-0.2, 0) is 4.79 Å². The molecule has 0 unspecified atom stereocenters. The van der Waals surface area contributed by atoms with E-state index in [2.05, 4.69) is 15.5 Å². The largest absolute Gasteiger partial charge is 0.411 e. The molecule has 0 saturated carbocycles. The van der Waals surface area contributed by atoms with Gasteiger partial charge >= 0.3 is 0 Å². The van der Waals surface area contributed by atoms with E-state index in [4.69, 9.17) is 21.3 Å². The van der Waals surface area contributed by atoms with Crippen molar-refractivity contribution in [1.82, 2.24) is 10.2 Å². The molecule has 1 aromatic heterocycles. The highest BCUT2D eigenvalue weighted by Gasteiger charge is 2.11. The SMILES string of the molecule is N#Cc1ccc(NC(=O)CSc2nnc(-c3ccc(Cl)cc3)o2)cc1. The Morgan fingerprint density at radius 1 is 1.16 bits per heavy atom. The van der Waals surface area contributed by atoms with E-state index in [0.29, 0.717) is 27.4 Å². The van der Waals surface area contributed by atoms with Gasteiger partial charge in [0.25, 0.3) is 5.22 Å². The van der Waals surface area contributed by atoms with Gasteiger partial charge in [-0.3, -0.25) is 4.79 Å². The first-order valence-corrected chi connectivity index (χ1v) is 8.52. The highest BCUT2D eigenvalue weighted by atomic mass is 35.5. The molecule has 0 aliphatic rings. The van der Waals surface area contributed by atoms with Gasteiger partial charge in [-0.15, -0.1) is 10.2 Å². The second-order valence-electron chi connectivity index (χ2n) is 4.91. The summed E-state index contributed by atoms with van der Waals surface area (Å²) in [6, 6.07) is 15.7. The second kappa shape index (κ2) is 7.83. The summed E-state index contributed by atoms with van der Waals surface area (Å²) in [5.41, 5.74) is 1.91. The van der Waals surface area contributed by atoms with Crippen LogP contribution >= 0.6 is 23.4 Å². The van der Waals surface area contributed by atoms with E-state index in [1.54, 1.807) is 48.5 Å². The second-order valence-corrected chi connectivity index (χ2v) is 6.27. The number of anilines is 1. The molecule has 0 aliphatic carbocycles. The van der Waals surface area contributed by atoms with Crippen molar-refractivity contribution in [2.75, 3.05) is 11.1 Å². The Hall–Kier alpha value is -2.82. The number of carbonyl (C=O) groups is 1. The van der Waals surface area contributed by atoms with E-state index < -0.39 is 0 Å². The number of rotatable bonds is 5. The molecule has 0 radical (unpaired) electrons. The van der Waals surface area contributed by atoms with Crippen molar-refractivity contribution in [3.63, 3.8) is 0 Å². The van der Waals surface area contributed by atoms with Gasteiger partial charge in [0.1, 0.15) is 0 Å². The molecule has 8 heteroatoms. The molecule has 25 heavy (non-hydrogen) atoms. The fourth-order valence-electron chi connectivity index (χ4n) is 1.93. The summed E-state index contributed by atoms with van der Waals surface area (Å²) in [6.45, 7) is 0. The van der Waals surface area contributed by atoms with Crippen LogP contribution in [0.4, 0.5) is 5.69 Å². The summed E-state index contributed by atoms with van der Waals surface area (Å²) in [4.78, 5) is 12.0. The average molecular weight is 371 g/mol. The van der Waals surface area contributed by atoms with Crippen molar-refractivity contribution in [2.24, 2.45) is 0 Å². The number of aromatic nitrogens is 2. The van der Waals surface area contributed by atoms with Crippen LogP contribution in [0.15, 0.2) is 58.2 Å². The Morgan fingerprint density at radius 3 is 2.56 bits per heavy atom. The van der Waals surface area contributed by atoms with Crippen molar-refractivity contribution in [1.29, 1.82) is 5.26 Å². The van der Waals surface area contributed by atoms with Gasteiger partial charge in [-0.25, -0.2) is 0 Å². The molecule has 124 valence electrons. The number of amides is 1. The Morgan fingerprint density at radius 2 is 1.88 bits per heavy atom. The van der Waals surface area contributed by atoms with Crippen LogP contribution in [0.1, 0.15) is 5.56 Å². The van der Waals surface area contributed by atoms with Gasteiger partial charge in [0.05, 0.1) is 17.4 Å². The van der Waals surface area contributed by atoms with Crippen LogP contribution in [0.3, 0.4) is 0 Å². The lowest BCUT2D eigenvalue weighted by Crippen LogP contribution is -2.13. The third-order valence-electron chi connectivity index (χ3n) is 3.12.